The maximum Gasteiger partial charge on any atom is 0.0602 e. The van der Waals surface area contributed by atoms with Gasteiger partial charge in [0.05, 0.1) is 11.9 Å². The van der Waals surface area contributed by atoms with Gasteiger partial charge in [0.25, 0.3) is 0 Å². The molecule has 2 bridgehead atoms. The summed E-state index contributed by atoms with van der Waals surface area (Å²) in [6, 6.07) is 3.54. The molecule has 2 aliphatic heterocycles. The quantitative estimate of drug-likeness (QED) is 0.716. The smallest absolute Gasteiger partial charge is 0.0602 e. The zero-order chi connectivity index (χ0) is 10.3. The van der Waals surface area contributed by atoms with Gasteiger partial charge in [-0.05, 0) is 37.3 Å². The molecule has 0 radical (unpaired) electrons. The lowest BCUT2D eigenvalue weighted by molar-refractivity contribution is 0.576. The lowest BCUT2D eigenvalue weighted by Gasteiger charge is -2.26. The third-order valence-electron chi connectivity index (χ3n) is 3.76. The van der Waals surface area contributed by atoms with Crippen molar-refractivity contribution in [3.63, 3.8) is 0 Å². The summed E-state index contributed by atoms with van der Waals surface area (Å²) in [5, 5.41) is 0. The molecule has 0 spiro atoms. The van der Waals surface area contributed by atoms with Crippen molar-refractivity contribution in [1.29, 1.82) is 0 Å². The fourth-order valence-corrected chi connectivity index (χ4v) is 3.29. The van der Waals surface area contributed by atoms with Crippen LogP contribution >= 0.6 is 11.6 Å². The highest BCUT2D eigenvalue weighted by Gasteiger charge is 2.39. The highest BCUT2D eigenvalue weighted by molar-refractivity contribution is 6.17. The third kappa shape index (κ3) is 1.43. The molecular weight excluding hydrogens is 208 g/mol. The molecule has 0 amide bonds. The van der Waals surface area contributed by atoms with Crippen LogP contribution in [0.3, 0.4) is 0 Å². The predicted octanol–water partition coefficient (Wildman–Crippen LogP) is 2.95. The number of hydrogen-bond acceptors (Lipinski definition) is 2. The fraction of sp³-hybridized carbons (Fsp3) is 0.583. The number of nitrogens with zero attached hydrogens (tertiary/aromatic N) is 2. The number of aromatic nitrogens is 1. The monoisotopic (exact) mass is 222 g/mol. The van der Waals surface area contributed by atoms with Crippen LogP contribution < -0.4 is 4.90 Å². The van der Waals surface area contributed by atoms with Gasteiger partial charge >= 0.3 is 0 Å². The summed E-state index contributed by atoms with van der Waals surface area (Å²) in [6.07, 6.45) is 9.21. The first kappa shape index (κ1) is 9.46. The number of rotatable bonds is 2. The van der Waals surface area contributed by atoms with E-state index >= 15 is 0 Å². The summed E-state index contributed by atoms with van der Waals surface area (Å²) in [5.41, 5.74) is 2.50. The summed E-state index contributed by atoms with van der Waals surface area (Å²) in [6.45, 7) is 0. The van der Waals surface area contributed by atoms with Crippen molar-refractivity contribution in [2.75, 3.05) is 4.90 Å². The number of halogens is 1. The molecule has 0 saturated carbocycles. The molecule has 0 N–H and O–H groups in total. The summed E-state index contributed by atoms with van der Waals surface area (Å²) >= 11 is 5.97. The largest absolute Gasteiger partial charge is 0.364 e. The number of fused-ring (bicyclic) bond motifs is 2. The van der Waals surface area contributed by atoms with Gasteiger partial charge in [0, 0.05) is 24.2 Å². The molecule has 1 aromatic heterocycles. The Hall–Kier alpha value is -0.760. The first-order valence-corrected chi connectivity index (χ1v) is 6.21. The van der Waals surface area contributed by atoms with Crippen LogP contribution in [0.5, 0.6) is 0 Å². The van der Waals surface area contributed by atoms with Gasteiger partial charge in [0.15, 0.2) is 0 Å². The highest BCUT2D eigenvalue weighted by atomic mass is 35.5. The molecule has 3 heterocycles. The van der Waals surface area contributed by atoms with E-state index in [1.165, 1.54) is 36.9 Å². The molecule has 2 saturated heterocycles. The van der Waals surface area contributed by atoms with Crippen molar-refractivity contribution in [3.05, 3.63) is 24.0 Å². The van der Waals surface area contributed by atoms with Crippen LogP contribution in [0.15, 0.2) is 18.5 Å². The van der Waals surface area contributed by atoms with Crippen molar-refractivity contribution in [2.24, 2.45) is 0 Å². The Morgan fingerprint density at radius 3 is 2.53 bits per heavy atom. The average Bonchev–Trinajstić information content (AvgIpc) is 2.88. The first-order chi connectivity index (χ1) is 7.40. The minimum Gasteiger partial charge on any atom is -0.364 e. The van der Waals surface area contributed by atoms with E-state index in [2.05, 4.69) is 9.88 Å². The Labute approximate surface area is 95.3 Å². The van der Waals surface area contributed by atoms with Crippen molar-refractivity contribution in [2.45, 2.75) is 43.6 Å². The molecule has 2 nitrogen and oxygen atoms in total. The van der Waals surface area contributed by atoms with Gasteiger partial charge in [-0.15, -0.1) is 11.6 Å². The van der Waals surface area contributed by atoms with Gasteiger partial charge in [0.2, 0.25) is 0 Å². The maximum atomic E-state index is 5.97. The van der Waals surface area contributed by atoms with E-state index in [0.717, 1.165) is 12.1 Å². The molecule has 3 rings (SSSR count). The van der Waals surface area contributed by atoms with Crippen molar-refractivity contribution in [3.8, 4) is 0 Å². The molecule has 2 fully saturated rings. The second kappa shape index (κ2) is 3.67. The molecule has 3 heteroatoms. The van der Waals surface area contributed by atoms with Crippen LogP contribution in [-0.4, -0.2) is 17.1 Å². The van der Waals surface area contributed by atoms with Gasteiger partial charge in [-0.25, -0.2) is 0 Å². The van der Waals surface area contributed by atoms with E-state index in [0.29, 0.717) is 5.88 Å². The molecule has 0 aromatic carbocycles. The molecule has 15 heavy (non-hydrogen) atoms. The normalized spacial score (nSPS) is 28.7. The maximum absolute atomic E-state index is 5.97. The minimum absolute atomic E-state index is 0.591. The van der Waals surface area contributed by atoms with Gasteiger partial charge in [0.1, 0.15) is 0 Å². The fourth-order valence-electron chi connectivity index (χ4n) is 3.07. The van der Waals surface area contributed by atoms with Crippen molar-refractivity contribution >= 4 is 17.3 Å². The van der Waals surface area contributed by atoms with E-state index in [-0.39, 0.29) is 0 Å². The van der Waals surface area contributed by atoms with Crippen LogP contribution in [0.2, 0.25) is 0 Å². The third-order valence-corrected chi connectivity index (χ3v) is 4.05. The topological polar surface area (TPSA) is 16.1 Å². The van der Waals surface area contributed by atoms with Crippen molar-refractivity contribution in [1.82, 2.24) is 4.98 Å². The van der Waals surface area contributed by atoms with Gasteiger partial charge < -0.3 is 4.90 Å². The van der Waals surface area contributed by atoms with Gasteiger partial charge in [-0.2, -0.15) is 0 Å². The summed E-state index contributed by atoms with van der Waals surface area (Å²) in [7, 11) is 0. The molecular formula is C12H15ClN2. The molecule has 0 unspecified atom stereocenters. The lowest BCUT2D eigenvalue weighted by atomic mass is 10.0. The Kier molecular flexibility index (Phi) is 2.32. The Bertz CT molecular complexity index is 346. The van der Waals surface area contributed by atoms with Gasteiger partial charge in [-0.3, -0.25) is 4.98 Å². The van der Waals surface area contributed by atoms with Crippen LogP contribution in [-0.2, 0) is 5.88 Å². The van der Waals surface area contributed by atoms with Crippen LogP contribution in [0.25, 0.3) is 0 Å². The van der Waals surface area contributed by atoms with E-state index in [1.54, 1.807) is 0 Å². The number of anilines is 1. The first-order valence-electron chi connectivity index (χ1n) is 5.67. The minimum atomic E-state index is 0.591. The second-order valence-electron chi connectivity index (χ2n) is 4.51. The molecule has 1 aromatic rings. The second-order valence-corrected chi connectivity index (χ2v) is 4.77. The van der Waals surface area contributed by atoms with Crippen LogP contribution in [0.4, 0.5) is 5.69 Å². The highest BCUT2D eigenvalue weighted by Crippen LogP contribution is 2.41. The Balaban J connectivity index is 1.98. The van der Waals surface area contributed by atoms with Crippen LogP contribution in [0.1, 0.15) is 31.2 Å². The van der Waals surface area contributed by atoms with Crippen molar-refractivity contribution < 1.29 is 0 Å². The standard InChI is InChI=1S/C12H15ClN2/c13-7-9-5-6-14-8-12(9)15-10-1-2-11(15)4-3-10/h5-6,8,10-11H,1-4,7H2. The Morgan fingerprint density at radius 1 is 1.27 bits per heavy atom. The molecule has 80 valence electrons. The average molecular weight is 223 g/mol. The van der Waals surface area contributed by atoms with Crippen LogP contribution in [0, 0.1) is 0 Å². The lowest BCUT2D eigenvalue weighted by Crippen LogP contribution is -2.29. The van der Waals surface area contributed by atoms with E-state index in [9.17, 15) is 0 Å². The molecule has 0 aliphatic carbocycles. The predicted molar refractivity (Wildman–Crippen MR) is 62.3 cm³/mol. The van der Waals surface area contributed by atoms with Gasteiger partial charge in [-0.1, -0.05) is 0 Å². The SMILES string of the molecule is ClCc1ccncc1N1C2CCC1CC2. The molecule has 0 atom stereocenters. The summed E-state index contributed by atoms with van der Waals surface area (Å²) in [4.78, 5) is 6.79. The Morgan fingerprint density at radius 2 is 1.93 bits per heavy atom. The number of hydrogen-bond donors (Lipinski definition) is 0. The van der Waals surface area contributed by atoms with E-state index < -0.39 is 0 Å². The zero-order valence-corrected chi connectivity index (χ0v) is 9.45. The summed E-state index contributed by atoms with van der Waals surface area (Å²) in [5.74, 6) is 0.591. The van der Waals surface area contributed by atoms with E-state index in [1.807, 2.05) is 18.5 Å². The van der Waals surface area contributed by atoms with E-state index in [4.69, 9.17) is 11.6 Å². The summed E-state index contributed by atoms with van der Waals surface area (Å²) < 4.78 is 0. The zero-order valence-electron chi connectivity index (χ0n) is 8.69. The number of pyridine rings is 1. The number of alkyl halides is 1. The molecule has 2 aliphatic rings.